The summed E-state index contributed by atoms with van der Waals surface area (Å²) in [6, 6.07) is 14.6. The number of likely N-dealkylation sites (tertiary alicyclic amines) is 1. The molecule has 1 N–H and O–H groups in total. The fourth-order valence-electron chi connectivity index (χ4n) is 3.24. The maximum Gasteiger partial charge on any atom is 0.125 e. The Morgan fingerprint density at radius 1 is 1.13 bits per heavy atom. The Hall–Kier alpha value is -1.91. The summed E-state index contributed by atoms with van der Waals surface area (Å²) in [4.78, 5) is 2.32. The first-order valence-electron chi connectivity index (χ1n) is 7.93. The van der Waals surface area contributed by atoms with Crippen molar-refractivity contribution in [3.63, 3.8) is 0 Å². The third-order valence-corrected chi connectivity index (χ3v) is 4.60. The first-order valence-corrected chi connectivity index (χ1v) is 7.93. The van der Waals surface area contributed by atoms with Crippen molar-refractivity contribution >= 4 is 0 Å². The van der Waals surface area contributed by atoms with Gasteiger partial charge in [0.2, 0.25) is 0 Å². The van der Waals surface area contributed by atoms with Crippen LogP contribution in [0.4, 0.5) is 4.39 Å². The molecule has 0 radical (unpaired) electrons. The molecule has 1 fully saturated rings. The number of hydrogen-bond acceptors (Lipinski definition) is 3. The summed E-state index contributed by atoms with van der Waals surface area (Å²) in [6.45, 7) is 2.41. The third-order valence-electron chi connectivity index (χ3n) is 4.60. The lowest BCUT2D eigenvalue weighted by molar-refractivity contribution is -0.0294. The van der Waals surface area contributed by atoms with E-state index in [9.17, 15) is 9.50 Å². The van der Waals surface area contributed by atoms with Crippen LogP contribution in [0.25, 0.3) is 0 Å². The van der Waals surface area contributed by atoms with Gasteiger partial charge < -0.3 is 9.84 Å². The Bertz CT molecular complexity index is 652. The maximum atomic E-state index is 13.6. The zero-order chi connectivity index (χ0) is 16.3. The number of methoxy groups -OCH3 is 1. The monoisotopic (exact) mass is 315 g/mol. The van der Waals surface area contributed by atoms with Crippen LogP contribution in [0.5, 0.6) is 5.75 Å². The van der Waals surface area contributed by atoms with Gasteiger partial charge in [-0.3, -0.25) is 4.90 Å². The molecule has 1 saturated heterocycles. The minimum Gasteiger partial charge on any atom is -0.496 e. The molecular weight excluding hydrogens is 293 g/mol. The highest BCUT2D eigenvalue weighted by atomic mass is 19.1. The largest absolute Gasteiger partial charge is 0.496 e. The van der Waals surface area contributed by atoms with Crippen molar-refractivity contribution in [1.82, 2.24) is 4.90 Å². The highest BCUT2D eigenvalue weighted by Crippen LogP contribution is 2.38. The summed E-state index contributed by atoms with van der Waals surface area (Å²) in [6.07, 6.45) is 1.14. The quantitative estimate of drug-likeness (QED) is 0.939. The van der Waals surface area contributed by atoms with E-state index < -0.39 is 5.60 Å². The van der Waals surface area contributed by atoms with Gasteiger partial charge in [0.1, 0.15) is 11.6 Å². The Kier molecular flexibility index (Phi) is 4.64. The first-order chi connectivity index (χ1) is 11.1. The zero-order valence-electron chi connectivity index (χ0n) is 13.3. The van der Waals surface area contributed by atoms with Crippen LogP contribution in [0.3, 0.4) is 0 Å². The van der Waals surface area contributed by atoms with Crippen LogP contribution in [0.1, 0.15) is 24.0 Å². The number of aliphatic hydroxyl groups is 1. The van der Waals surface area contributed by atoms with Crippen LogP contribution in [0.15, 0.2) is 48.5 Å². The molecule has 122 valence electrons. The molecule has 0 bridgehead atoms. The summed E-state index contributed by atoms with van der Waals surface area (Å²) in [5.41, 5.74) is 0.793. The van der Waals surface area contributed by atoms with Gasteiger partial charge in [-0.25, -0.2) is 4.39 Å². The predicted octanol–water partition coefficient (Wildman–Crippen LogP) is 3.32. The Morgan fingerprint density at radius 3 is 2.48 bits per heavy atom. The molecule has 0 spiro atoms. The summed E-state index contributed by atoms with van der Waals surface area (Å²) >= 11 is 0. The zero-order valence-corrected chi connectivity index (χ0v) is 13.3. The van der Waals surface area contributed by atoms with Gasteiger partial charge in [-0.05, 0) is 36.6 Å². The second-order valence-electron chi connectivity index (χ2n) is 6.14. The number of piperidine rings is 1. The summed E-state index contributed by atoms with van der Waals surface area (Å²) < 4.78 is 18.9. The lowest BCUT2D eigenvalue weighted by Crippen LogP contribution is -2.42. The smallest absolute Gasteiger partial charge is 0.125 e. The number of hydrogen-bond donors (Lipinski definition) is 1. The van der Waals surface area contributed by atoms with Crippen molar-refractivity contribution in [2.75, 3.05) is 20.2 Å². The van der Waals surface area contributed by atoms with Gasteiger partial charge in [-0.2, -0.15) is 0 Å². The predicted molar refractivity (Wildman–Crippen MR) is 87.8 cm³/mol. The van der Waals surface area contributed by atoms with Gasteiger partial charge >= 0.3 is 0 Å². The number of benzene rings is 2. The normalized spacial score (nSPS) is 17.9. The van der Waals surface area contributed by atoms with Gasteiger partial charge in [0.05, 0.1) is 12.7 Å². The van der Waals surface area contributed by atoms with Crippen LogP contribution in [0.2, 0.25) is 0 Å². The van der Waals surface area contributed by atoms with E-state index in [0.717, 1.165) is 19.6 Å². The number of nitrogens with zero attached hydrogens (tertiary/aromatic N) is 1. The fourth-order valence-corrected chi connectivity index (χ4v) is 3.24. The second kappa shape index (κ2) is 6.69. The van der Waals surface area contributed by atoms with Crippen LogP contribution in [-0.2, 0) is 12.1 Å². The topological polar surface area (TPSA) is 32.7 Å². The SMILES string of the molecule is COc1ccc(F)cc1C1(O)CCN(Cc2ccccc2)CC1. The van der Waals surface area contributed by atoms with E-state index in [1.807, 2.05) is 18.2 Å². The minimum atomic E-state index is -1.03. The van der Waals surface area contributed by atoms with Gasteiger partial charge in [-0.15, -0.1) is 0 Å². The van der Waals surface area contributed by atoms with E-state index in [-0.39, 0.29) is 5.82 Å². The number of ether oxygens (including phenoxy) is 1. The maximum absolute atomic E-state index is 13.6. The molecule has 4 heteroatoms. The highest BCUT2D eigenvalue weighted by molar-refractivity contribution is 5.39. The fraction of sp³-hybridized carbons (Fsp3) is 0.368. The molecule has 0 aromatic heterocycles. The van der Waals surface area contributed by atoms with E-state index >= 15 is 0 Å². The van der Waals surface area contributed by atoms with Crippen molar-refractivity contribution in [2.45, 2.75) is 25.0 Å². The van der Waals surface area contributed by atoms with E-state index in [1.165, 1.54) is 17.7 Å². The molecule has 1 aliphatic rings. The molecule has 3 nitrogen and oxygen atoms in total. The molecule has 0 unspecified atom stereocenters. The first kappa shape index (κ1) is 16.0. The second-order valence-corrected chi connectivity index (χ2v) is 6.14. The third kappa shape index (κ3) is 3.54. The lowest BCUT2D eigenvalue weighted by Gasteiger charge is -2.39. The van der Waals surface area contributed by atoms with Gasteiger partial charge in [-0.1, -0.05) is 30.3 Å². The van der Waals surface area contributed by atoms with E-state index in [0.29, 0.717) is 24.2 Å². The molecule has 23 heavy (non-hydrogen) atoms. The summed E-state index contributed by atoms with van der Waals surface area (Å²) in [5, 5.41) is 11.0. The molecule has 0 amide bonds. The van der Waals surface area contributed by atoms with Crippen molar-refractivity contribution < 1.29 is 14.2 Å². The number of halogens is 1. The van der Waals surface area contributed by atoms with Crippen LogP contribution in [0, 0.1) is 5.82 Å². The van der Waals surface area contributed by atoms with Gasteiger partial charge in [0.25, 0.3) is 0 Å². The molecule has 0 atom stereocenters. The Labute approximate surface area is 136 Å². The molecule has 2 aromatic rings. The van der Waals surface area contributed by atoms with Crippen molar-refractivity contribution in [1.29, 1.82) is 0 Å². The molecule has 0 saturated carbocycles. The molecule has 3 rings (SSSR count). The average Bonchev–Trinajstić information content (AvgIpc) is 2.58. The van der Waals surface area contributed by atoms with Crippen molar-refractivity contribution in [3.05, 3.63) is 65.5 Å². The summed E-state index contributed by atoms with van der Waals surface area (Å²) in [5.74, 6) is 0.200. The van der Waals surface area contributed by atoms with E-state index in [1.54, 1.807) is 13.2 Å². The van der Waals surface area contributed by atoms with Crippen LogP contribution in [-0.4, -0.2) is 30.2 Å². The average molecular weight is 315 g/mol. The van der Waals surface area contributed by atoms with Crippen molar-refractivity contribution in [2.24, 2.45) is 0 Å². The van der Waals surface area contributed by atoms with E-state index in [2.05, 4.69) is 17.0 Å². The Balaban J connectivity index is 1.71. The van der Waals surface area contributed by atoms with Crippen LogP contribution >= 0.6 is 0 Å². The number of rotatable bonds is 4. The lowest BCUT2D eigenvalue weighted by atomic mass is 9.83. The Morgan fingerprint density at radius 2 is 1.83 bits per heavy atom. The minimum absolute atomic E-state index is 0.346. The summed E-state index contributed by atoms with van der Waals surface area (Å²) in [7, 11) is 1.55. The molecule has 1 heterocycles. The molecule has 2 aromatic carbocycles. The van der Waals surface area contributed by atoms with E-state index in [4.69, 9.17) is 4.74 Å². The highest BCUT2D eigenvalue weighted by Gasteiger charge is 2.36. The molecular formula is C19H22FNO2. The molecule has 1 aliphatic heterocycles. The van der Waals surface area contributed by atoms with Crippen molar-refractivity contribution in [3.8, 4) is 5.75 Å². The standard InChI is InChI=1S/C19H22FNO2/c1-23-18-8-7-16(20)13-17(18)19(22)9-11-21(12-10-19)14-15-5-3-2-4-6-15/h2-8,13,22H,9-12,14H2,1H3. The molecule has 0 aliphatic carbocycles. The van der Waals surface area contributed by atoms with Gasteiger partial charge in [0, 0.05) is 25.2 Å². The van der Waals surface area contributed by atoms with Crippen LogP contribution < -0.4 is 4.74 Å². The van der Waals surface area contributed by atoms with Gasteiger partial charge in [0.15, 0.2) is 0 Å².